The Balaban J connectivity index is 1.85. The van der Waals surface area contributed by atoms with Gasteiger partial charge in [-0.2, -0.15) is 5.10 Å². The largest absolute Gasteiger partial charge is 0.370 e. The van der Waals surface area contributed by atoms with E-state index in [1.807, 2.05) is 4.68 Å². The van der Waals surface area contributed by atoms with Gasteiger partial charge < -0.3 is 4.90 Å². The van der Waals surface area contributed by atoms with Gasteiger partial charge in [0.1, 0.15) is 0 Å². The van der Waals surface area contributed by atoms with Crippen molar-refractivity contribution in [3.05, 3.63) is 41.5 Å². The summed E-state index contributed by atoms with van der Waals surface area (Å²) in [4.78, 5) is 7.61. The van der Waals surface area contributed by atoms with Crippen LogP contribution in [0.1, 0.15) is 116 Å². The molecule has 184 valence electrons. The average molecular weight is 453 g/mol. The van der Waals surface area contributed by atoms with Gasteiger partial charge in [0, 0.05) is 43.4 Å². The molecule has 2 heterocycles. The summed E-state index contributed by atoms with van der Waals surface area (Å²) in [5, 5.41) is 4.90. The molecule has 0 spiro atoms. The number of aromatic nitrogens is 3. The van der Waals surface area contributed by atoms with Gasteiger partial charge in [-0.25, -0.2) is 0 Å². The lowest BCUT2D eigenvalue weighted by molar-refractivity contribution is 0.0817. The molecule has 2 atom stereocenters. The molecule has 2 aromatic heterocycles. The van der Waals surface area contributed by atoms with Crippen LogP contribution in [0.5, 0.6) is 0 Å². The fourth-order valence-electron chi connectivity index (χ4n) is 6.04. The van der Waals surface area contributed by atoms with Crippen LogP contribution in [0.2, 0.25) is 0 Å². The highest BCUT2D eigenvalue weighted by molar-refractivity contribution is 5.46. The first-order valence-electron chi connectivity index (χ1n) is 13.5. The molecule has 0 aliphatic heterocycles. The third kappa shape index (κ3) is 5.46. The van der Waals surface area contributed by atoms with E-state index in [-0.39, 0.29) is 5.41 Å². The highest BCUT2D eigenvalue weighted by Crippen LogP contribution is 2.60. The van der Waals surface area contributed by atoms with Crippen LogP contribution in [0.25, 0.3) is 0 Å². The topological polar surface area (TPSA) is 34.0 Å². The minimum Gasteiger partial charge on any atom is -0.370 e. The maximum atomic E-state index is 5.08. The zero-order valence-electron chi connectivity index (χ0n) is 22.6. The van der Waals surface area contributed by atoms with E-state index in [9.17, 15) is 0 Å². The van der Waals surface area contributed by atoms with Crippen molar-refractivity contribution < 1.29 is 0 Å². The van der Waals surface area contributed by atoms with Crippen molar-refractivity contribution in [3.63, 3.8) is 0 Å². The Morgan fingerprint density at radius 3 is 1.97 bits per heavy atom. The first kappa shape index (κ1) is 25.8. The van der Waals surface area contributed by atoms with Gasteiger partial charge in [-0.15, -0.1) is 0 Å². The third-order valence-corrected chi connectivity index (χ3v) is 7.76. The molecule has 33 heavy (non-hydrogen) atoms. The molecule has 1 aliphatic carbocycles. The lowest BCUT2D eigenvalue weighted by atomic mass is 9.51. The molecular formula is C29H48N4. The smallest absolute Gasteiger partial charge is 0.0712 e. The van der Waals surface area contributed by atoms with Crippen molar-refractivity contribution in [1.29, 1.82) is 0 Å². The summed E-state index contributed by atoms with van der Waals surface area (Å²) in [6.45, 7) is 18.4. The Kier molecular flexibility index (Phi) is 8.64. The summed E-state index contributed by atoms with van der Waals surface area (Å²) in [6, 6.07) is 4.67. The monoisotopic (exact) mass is 452 g/mol. The van der Waals surface area contributed by atoms with E-state index in [0.717, 1.165) is 13.1 Å². The zero-order chi connectivity index (χ0) is 24.2. The number of aryl methyl sites for hydroxylation is 1. The molecule has 4 nitrogen and oxygen atoms in total. The Morgan fingerprint density at radius 1 is 0.909 bits per heavy atom. The lowest BCUT2D eigenvalue weighted by Gasteiger charge is -2.52. The van der Waals surface area contributed by atoms with Crippen molar-refractivity contribution in [1.82, 2.24) is 14.8 Å². The molecule has 1 saturated carbocycles. The van der Waals surface area contributed by atoms with E-state index in [4.69, 9.17) is 10.1 Å². The van der Waals surface area contributed by atoms with Crippen molar-refractivity contribution in [2.75, 3.05) is 18.0 Å². The van der Waals surface area contributed by atoms with Gasteiger partial charge in [-0.1, -0.05) is 74.1 Å². The van der Waals surface area contributed by atoms with Crippen LogP contribution in [0, 0.1) is 11.8 Å². The maximum Gasteiger partial charge on any atom is 0.0712 e. The molecule has 4 heteroatoms. The number of unbranched alkanes of at least 4 members (excludes halogenated alkanes) is 2. The van der Waals surface area contributed by atoms with E-state index < -0.39 is 0 Å². The zero-order valence-corrected chi connectivity index (χ0v) is 22.6. The summed E-state index contributed by atoms with van der Waals surface area (Å²) < 4.78 is 2.02. The molecule has 3 rings (SSSR count). The van der Waals surface area contributed by atoms with E-state index in [1.165, 1.54) is 61.2 Å². The summed E-state index contributed by atoms with van der Waals surface area (Å²) in [5.41, 5.74) is 5.40. The molecule has 0 amide bonds. The number of rotatable bonds is 11. The summed E-state index contributed by atoms with van der Waals surface area (Å²) >= 11 is 0. The molecule has 0 aromatic carbocycles. The molecule has 1 fully saturated rings. The van der Waals surface area contributed by atoms with Crippen LogP contribution < -0.4 is 4.90 Å². The molecule has 0 radical (unpaired) electrons. The van der Waals surface area contributed by atoms with Crippen molar-refractivity contribution in [2.45, 2.75) is 104 Å². The minimum absolute atomic E-state index is 0.0681. The van der Waals surface area contributed by atoms with Gasteiger partial charge in [0.15, 0.2) is 0 Å². The molecule has 0 bridgehead atoms. The van der Waals surface area contributed by atoms with Gasteiger partial charge in [-0.05, 0) is 48.3 Å². The van der Waals surface area contributed by atoms with Gasteiger partial charge >= 0.3 is 0 Å². The van der Waals surface area contributed by atoms with Gasteiger partial charge in [0.2, 0.25) is 0 Å². The van der Waals surface area contributed by atoms with Crippen LogP contribution in [0.15, 0.2) is 24.5 Å². The molecule has 0 saturated heterocycles. The Labute approximate surface area is 203 Å². The number of hydrogen-bond acceptors (Lipinski definition) is 3. The van der Waals surface area contributed by atoms with Gasteiger partial charge in [0.05, 0.1) is 17.6 Å². The van der Waals surface area contributed by atoms with Crippen LogP contribution in [-0.4, -0.2) is 27.9 Å². The standard InChI is InChI=1S/C29H48N4/c1-9-13-17-33(18-14-10-2)21-15-16-25(30-19-21)27-22(11-3)26(23(27)12-4)24-20-32(8)31-28(24)29(5,6)7/h15-16,19-20,22-23,26-27H,9-14,17-18H2,1-8H3. The average Bonchev–Trinajstić information content (AvgIpc) is 3.16. The predicted octanol–water partition coefficient (Wildman–Crippen LogP) is 7.45. The number of anilines is 1. The highest BCUT2D eigenvalue weighted by Gasteiger charge is 2.51. The lowest BCUT2D eigenvalue weighted by Crippen LogP contribution is -2.44. The van der Waals surface area contributed by atoms with Crippen LogP contribution in [-0.2, 0) is 12.5 Å². The molecule has 1 aliphatic rings. The second-order valence-corrected chi connectivity index (χ2v) is 11.2. The predicted molar refractivity (Wildman–Crippen MR) is 141 cm³/mol. The van der Waals surface area contributed by atoms with E-state index in [0.29, 0.717) is 23.7 Å². The number of nitrogens with zero attached hydrogens (tertiary/aromatic N) is 4. The normalized spacial score (nSPS) is 22.9. The first-order chi connectivity index (χ1) is 15.8. The minimum atomic E-state index is 0.0681. The van der Waals surface area contributed by atoms with Crippen molar-refractivity contribution in [3.8, 4) is 0 Å². The Morgan fingerprint density at radius 2 is 1.52 bits per heavy atom. The van der Waals surface area contributed by atoms with E-state index in [2.05, 4.69) is 84.9 Å². The van der Waals surface area contributed by atoms with Crippen LogP contribution >= 0.6 is 0 Å². The second kappa shape index (κ2) is 11.1. The fourth-order valence-corrected chi connectivity index (χ4v) is 6.04. The Bertz CT molecular complexity index is 841. The first-order valence-corrected chi connectivity index (χ1v) is 13.5. The van der Waals surface area contributed by atoms with Gasteiger partial charge in [-0.3, -0.25) is 9.67 Å². The van der Waals surface area contributed by atoms with Crippen molar-refractivity contribution >= 4 is 5.69 Å². The van der Waals surface area contributed by atoms with Crippen LogP contribution in [0.4, 0.5) is 5.69 Å². The van der Waals surface area contributed by atoms with E-state index >= 15 is 0 Å². The number of pyridine rings is 1. The SMILES string of the molecule is CCCCN(CCCC)c1ccc(C2C(CC)C(c3cn(C)nc3C(C)(C)C)C2CC)nc1. The fraction of sp³-hybridized carbons (Fsp3) is 0.724. The molecule has 2 unspecified atom stereocenters. The van der Waals surface area contributed by atoms with E-state index in [1.54, 1.807) is 0 Å². The summed E-state index contributed by atoms with van der Waals surface area (Å²) in [6.07, 6.45) is 11.8. The molecular weight excluding hydrogens is 404 g/mol. The molecule has 2 aromatic rings. The Hall–Kier alpha value is -1.84. The summed E-state index contributed by atoms with van der Waals surface area (Å²) in [7, 11) is 2.07. The van der Waals surface area contributed by atoms with Crippen LogP contribution in [0.3, 0.4) is 0 Å². The van der Waals surface area contributed by atoms with Crippen molar-refractivity contribution in [2.24, 2.45) is 18.9 Å². The van der Waals surface area contributed by atoms with Gasteiger partial charge in [0.25, 0.3) is 0 Å². The second-order valence-electron chi connectivity index (χ2n) is 11.2. The quantitative estimate of drug-likeness (QED) is 0.355. The highest BCUT2D eigenvalue weighted by atomic mass is 15.3. The summed E-state index contributed by atoms with van der Waals surface area (Å²) in [5.74, 6) is 2.40. The third-order valence-electron chi connectivity index (χ3n) is 7.76. The molecule has 0 N–H and O–H groups in total. The number of hydrogen-bond donors (Lipinski definition) is 0. The maximum absolute atomic E-state index is 5.08.